The molecule has 0 heterocycles. The first-order chi connectivity index (χ1) is 9.21. The van der Waals surface area contributed by atoms with E-state index in [1.54, 1.807) is 6.26 Å². The molecule has 1 aromatic carbocycles. The molecule has 6 nitrogen and oxygen atoms in total. The van der Waals surface area contributed by atoms with Crippen LogP contribution in [0.25, 0.3) is 0 Å². The van der Waals surface area contributed by atoms with Crippen molar-refractivity contribution in [2.75, 3.05) is 18.6 Å². The Balaban J connectivity index is 2.77. The molecule has 1 atom stereocenters. The van der Waals surface area contributed by atoms with E-state index >= 15 is 0 Å². The number of nitrogens with two attached hydrogens (primary N) is 1. The minimum atomic E-state index is -3.89. The van der Waals surface area contributed by atoms with E-state index in [4.69, 9.17) is 5.14 Å². The number of carbonyl (C=O) groups is 1. The molecule has 1 aromatic rings. The smallest absolute Gasteiger partial charge is 0.251 e. The van der Waals surface area contributed by atoms with Crippen LogP contribution in [0, 0.1) is 0 Å². The normalized spacial score (nSPS) is 12.9. The number of rotatable bonds is 6. The van der Waals surface area contributed by atoms with Crippen molar-refractivity contribution < 1.29 is 17.4 Å². The van der Waals surface area contributed by atoms with E-state index in [2.05, 4.69) is 21.2 Å². The number of hydrogen-bond donors (Lipinski definition) is 2. The van der Waals surface area contributed by atoms with Crippen molar-refractivity contribution in [1.82, 2.24) is 5.32 Å². The van der Waals surface area contributed by atoms with Gasteiger partial charge < -0.3 is 5.32 Å². The van der Waals surface area contributed by atoms with Crippen LogP contribution in [0.3, 0.4) is 0 Å². The van der Waals surface area contributed by atoms with E-state index in [1.807, 2.05) is 0 Å². The maximum atomic E-state index is 11.8. The summed E-state index contributed by atoms with van der Waals surface area (Å²) in [6.07, 6.45) is 2.18. The number of primary sulfonamides is 1. The minimum absolute atomic E-state index is 0.139. The Bertz CT molecular complexity index is 631. The number of carbonyl (C=O) groups excluding carboxylic acids is 1. The van der Waals surface area contributed by atoms with E-state index in [0.717, 1.165) is 0 Å². The third-order valence-corrected chi connectivity index (χ3v) is 5.16. The minimum Gasteiger partial charge on any atom is -0.352 e. The van der Waals surface area contributed by atoms with Gasteiger partial charge in [0.25, 0.3) is 5.91 Å². The molecule has 1 amide bonds. The fraction of sp³-hybridized carbons (Fsp3) is 0.364. The lowest BCUT2D eigenvalue weighted by Crippen LogP contribution is -2.26. The van der Waals surface area contributed by atoms with Gasteiger partial charge in [-0.05, 0) is 40.5 Å². The highest BCUT2D eigenvalue weighted by atomic mass is 79.9. The summed E-state index contributed by atoms with van der Waals surface area (Å²) in [5, 5.41) is 7.69. The molecule has 0 saturated carbocycles. The van der Waals surface area contributed by atoms with Gasteiger partial charge in [0.05, 0.1) is 4.90 Å². The Morgan fingerprint density at radius 3 is 2.65 bits per heavy atom. The molecule has 1 rings (SSSR count). The maximum absolute atomic E-state index is 11.8. The second-order valence-electron chi connectivity index (χ2n) is 4.08. The monoisotopic (exact) mass is 382 g/mol. The van der Waals surface area contributed by atoms with Crippen LogP contribution in [0.4, 0.5) is 0 Å². The summed E-state index contributed by atoms with van der Waals surface area (Å²) in [4.78, 5) is 11.7. The predicted molar refractivity (Wildman–Crippen MR) is 81.4 cm³/mol. The molecule has 0 radical (unpaired) electrons. The van der Waals surface area contributed by atoms with Crippen LogP contribution in [0.1, 0.15) is 16.8 Å². The molecular formula is C11H15BrN2O4S2. The molecule has 0 aliphatic rings. The number of hydrogen-bond acceptors (Lipinski definition) is 4. The second kappa shape index (κ2) is 7.30. The van der Waals surface area contributed by atoms with Gasteiger partial charge in [-0.15, -0.1) is 0 Å². The van der Waals surface area contributed by atoms with Crippen LogP contribution in [-0.4, -0.2) is 37.1 Å². The Morgan fingerprint density at radius 2 is 2.10 bits per heavy atom. The summed E-state index contributed by atoms with van der Waals surface area (Å²) in [6.45, 7) is 0.374. The van der Waals surface area contributed by atoms with Gasteiger partial charge >= 0.3 is 0 Å². The second-order valence-corrected chi connectivity index (χ2v) is 8.02. The molecule has 0 aliphatic carbocycles. The lowest BCUT2D eigenvalue weighted by Gasteiger charge is -2.07. The highest BCUT2D eigenvalue weighted by Gasteiger charge is 2.15. The summed E-state index contributed by atoms with van der Waals surface area (Å²) < 4.78 is 33.9. The topological polar surface area (TPSA) is 106 Å². The van der Waals surface area contributed by atoms with Crippen LogP contribution in [0.5, 0.6) is 0 Å². The number of halogens is 1. The standard InChI is InChI=1S/C11H15BrN2O4S2/c1-19(16)6-2-5-14-11(15)8-3-4-9(12)10(7-8)20(13,17)18/h3-4,7H,2,5-6H2,1H3,(H,14,15)(H2,13,17,18). The van der Waals surface area contributed by atoms with E-state index < -0.39 is 26.7 Å². The Kier molecular flexibility index (Phi) is 6.31. The quantitative estimate of drug-likeness (QED) is 0.702. The van der Waals surface area contributed by atoms with Gasteiger partial charge in [0.2, 0.25) is 10.0 Å². The SMILES string of the molecule is CS(=O)CCCNC(=O)c1ccc(Br)c(S(N)(=O)=O)c1. The van der Waals surface area contributed by atoms with Gasteiger partial charge in [0, 0.05) is 39.4 Å². The predicted octanol–water partition coefficient (Wildman–Crippen LogP) is 0.595. The third-order valence-electron chi connectivity index (χ3n) is 2.39. The molecule has 3 N–H and O–H groups in total. The zero-order chi connectivity index (χ0) is 15.3. The van der Waals surface area contributed by atoms with Crippen LogP contribution >= 0.6 is 15.9 Å². The largest absolute Gasteiger partial charge is 0.352 e. The van der Waals surface area contributed by atoms with Crippen LogP contribution in [0.15, 0.2) is 27.6 Å². The van der Waals surface area contributed by atoms with E-state index in [1.165, 1.54) is 18.2 Å². The summed E-state index contributed by atoms with van der Waals surface area (Å²) in [6, 6.07) is 4.16. The molecule has 112 valence electrons. The van der Waals surface area contributed by atoms with Gasteiger partial charge in [-0.1, -0.05) is 0 Å². The molecule has 0 spiro atoms. The van der Waals surface area contributed by atoms with E-state index in [9.17, 15) is 17.4 Å². The molecule has 0 saturated heterocycles. The fourth-order valence-electron chi connectivity index (χ4n) is 1.44. The molecule has 0 aromatic heterocycles. The summed E-state index contributed by atoms with van der Waals surface area (Å²) in [7, 11) is -4.79. The summed E-state index contributed by atoms with van der Waals surface area (Å²) in [5.41, 5.74) is 0.204. The number of nitrogens with one attached hydrogen (secondary N) is 1. The van der Waals surface area contributed by atoms with Crippen molar-refractivity contribution >= 4 is 42.7 Å². The Labute approximate surface area is 128 Å². The van der Waals surface area contributed by atoms with Crippen molar-refractivity contribution in [3.8, 4) is 0 Å². The van der Waals surface area contributed by atoms with Crippen LogP contribution in [0.2, 0.25) is 0 Å². The first-order valence-electron chi connectivity index (χ1n) is 5.62. The van der Waals surface area contributed by atoms with Crippen molar-refractivity contribution in [3.63, 3.8) is 0 Å². The lowest BCUT2D eigenvalue weighted by molar-refractivity contribution is 0.0953. The van der Waals surface area contributed by atoms with Gasteiger partial charge in [-0.3, -0.25) is 9.00 Å². The average Bonchev–Trinajstić information content (AvgIpc) is 2.33. The van der Waals surface area contributed by atoms with Gasteiger partial charge in [0.1, 0.15) is 0 Å². The summed E-state index contributed by atoms with van der Waals surface area (Å²) in [5.74, 6) is 0.104. The van der Waals surface area contributed by atoms with Crippen LogP contribution in [-0.2, 0) is 20.8 Å². The first-order valence-corrected chi connectivity index (χ1v) is 9.69. The highest BCUT2D eigenvalue weighted by molar-refractivity contribution is 9.10. The molecule has 0 fully saturated rings. The van der Waals surface area contributed by atoms with Gasteiger partial charge in [0.15, 0.2) is 0 Å². The zero-order valence-electron chi connectivity index (χ0n) is 10.8. The Hall–Kier alpha value is -0.770. The van der Waals surface area contributed by atoms with Crippen molar-refractivity contribution in [3.05, 3.63) is 28.2 Å². The lowest BCUT2D eigenvalue weighted by atomic mass is 10.2. The molecule has 1 unspecified atom stereocenters. The summed E-state index contributed by atoms with van der Waals surface area (Å²) >= 11 is 3.07. The van der Waals surface area contributed by atoms with Crippen LogP contribution < -0.4 is 10.5 Å². The van der Waals surface area contributed by atoms with Crippen molar-refractivity contribution in [1.29, 1.82) is 0 Å². The zero-order valence-corrected chi connectivity index (χ0v) is 14.0. The molecule has 9 heteroatoms. The number of sulfonamides is 1. The third kappa shape index (κ3) is 5.31. The maximum Gasteiger partial charge on any atom is 0.251 e. The van der Waals surface area contributed by atoms with Crippen molar-refractivity contribution in [2.45, 2.75) is 11.3 Å². The van der Waals surface area contributed by atoms with Gasteiger partial charge in [-0.2, -0.15) is 0 Å². The van der Waals surface area contributed by atoms with E-state index in [0.29, 0.717) is 23.2 Å². The van der Waals surface area contributed by atoms with Crippen molar-refractivity contribution in [2.24, 2.45) is 5.14 Å². The number of benzene rings is 1. The number of amides is 1. The molecular weight excluding hydrogens is 368 g/mol. The fourth-order valence-corrected chi connectivity index (χ4v) is 3.55. The first kappa shape index (κ1) is 17.3. The highest BCUT2D eigenvalue weighted by Crippen LogP contribution is 2.22. The van der Waals surface area contributed by atoms with E-state index in [-0.39, 0.29) is 10.5 Å². The van der Waals surface area contributed by atoms with Gasteiger partial charge in [-0.25, -0.2) is 13.6 Å². The molecule has 0 aliphatic heterocycles. The Morgan fingerprint density at radius 1 is 1.45 bits per heavy atom. The average molecular weight is 383 g/mol. The molecule has 20 heavy (non-hydrogen) atoms. The molecule has 0 bridgehead atoms.